The van der Waals surface area contributed by atoms with Gasteiger partial charge in [-0.2, -0.15) is 0 Å². The van der Waals surface area contributed by atoms with Gasteiger partial charge < -0.3 is 10.1 Å². The van der Waals surface area contributed by atoms with E-state index < -0.39 is 0 Å². The summed E-state index contributed by atoms with van der Waals surface area (Å²) in [4.78, 5) is 4.13. The van der Waals surface area contributed by atoms with Crippen LogP contribution in [0.3, 0.4) is 0 Å². The number of aromatic nitrogens is 1. The van der Waals surface area contributed by atoms with Gasteiger partial charge in [0.1, 0.15) is 16.7 Å². The molecule has 1 N–H and O–H groups in total. The number of hydrogen-bond donors (Lipinski definition) is 1. The minimum Gasteiger partial charge on any atom is -0.495 e. The second-order valence-corrected chi connectivity index (χ2v) is 4.11. The first-order chi connectivity index (χ1) is 8.19. The highest BCUT2D eigenvalue weighted by atomic mass is 35.5. The lowest BCUT2D eigenvalue weighted by Gasteiger charge is -2.08. The first-order valence-electron chi connectivity index (χ1n) is 4.92. The molecule has 0 spiro atoms. The SMILES string of the molecule is COc1cc(Nc2cccc(Cl)n2)ccc1Cl. The van der Waals surface area contributed by atoms with Gasteiger partial charge >= 0.3 is 0 Å². The Kier molecular flexibility index (Phi) is 3.71. The lowest BCUT2D eigenvalue weighted by atomic mass is 10.3. The molecule has 17 heavy (non-hydrogen) atoms. The molecule has 3 nitrogen and oxygen atoms in total. The zero-order chi connectivity index (χ0) is 12.3. The van der Waals surface area contributed by atoms with Gasteiger partial charge in [0.15, 0.2) is 0 Å². The quantitative estimate of drug-likeness (QED) is 0.850. The zero-order valence-corrected chi connectivity index (χ0v) is 10.6. The first kappa shape index (κ1) is 12.0. The molecule has 88 valence electrons. The van der Waals surface area contributed by atoms with E-state index in [-0.39, 0.29) is 0 Å². The van der Waals surface area contributed by atoms with E-state index in [0.717, 1.165) is 5.69 Å². The number of nitrogens with zero attached hydrogens (tertiary/aromatic N) is 1. The number of anilines is 2. The van der Waals surface area contributed by atoms with Crippen LogP contribution in [0, 0.1) is 0 Å². The molecule has 0 aliphatic heterocycles. The van der Waals surface area contributed by atoms with E-state index in [2.05, 4.69) is 10.3 Å². The van der Waals surface area contributed by atoms with Crippen LogP contribution in [-0.2, 0) is 0 Å². The highest BCUT2D eigenvalue weighted by Gasteiger charge is 2.03. The number of benzene rings is 1. The monoisotopic (exact) mass is 268 g/mol. The Morgan fingerprint density at radius 2 is 2.00 bits per heavy atom. The van der Waals surface area contributed by atoms with Crippen LogP contribution >= 0.6 is 23.2 Å². The van der Waals surface area contributed by atoms with Gasteiger partial charge in [-0.25, -0.2) is 4.98 Å². The Morgan fingerprint density at radius 3 is 2.71 bits per heavy atom. The van der Waals surface area contributed by atoms with Gasteiger partial charge in [0.2, 0.25) is 0 Å². The van der Waals surface area contributed by atoms with Crippen LogP contribution in [0.2, 0.25) is 10.2 Å². The molecule has 0 saturated heterocycles. The number of methoxy groups -OCH3 is 1. The normalized spacial score (nSPS) is 10.1. The van der Waals surface area contributed by atoms with Crippen molar-refractivity contribution in [3.8, 4) is 5.75 Å². The predicted molar refractivity (Wildman–Crippen MR) is 70.5 cm³/mol. The standard InChI is InChI=1S/C12H10Cl2N2O/c1-17-10-7-8(5-6-9(10)13)15-12-4-2-3-11(14)16-12/h2-7H,1H3,(H,15,16). The maximum Gasteiger partial charge on any atom is 0.139 e. The Balaban J connectivity index is 2.24. The molecule has 1 aromatic carbocycles. The van der Waals surface area contributed by atoms with Gasteiger partial charge in [-0.05, 0) is 24.3 Å². The second-order valence-electron chi connectivity index (χ2n) is 3.32. The third-order valence-electron chi connectivity index (χ3n) is 2.14. The summed E-state index contributed by atoms with van der Waals surface area (Å²) in [5, 5.41) is 4.12. The van der Waals surface area contributed by atoms with Crippen molar-refractivity contribution >= 4 is 34.7 Å². The number of ether oxygens (including phenoxy) is 1. The second kappa shape index (κ2) is 5.25. The molecule has 1 aromatic heterocycles. The topological polar surface area (TPSA) is 34.1 Å². The van der Waals surface area contributed by atoms with E-state index in [1.54, 1.807) is 25.3 Å². The number of pyridine rings is 1. The minimum absolute atomic E-state index is 0.441. The molecule has 0 aliphatic carbocycles. The molecule has 1 heterocycles. The average molecular weight is 269 g/mol. The van der Waals surface area contributed by atoms with E-state index in [0.29, 0.717) is 21.7 Å². The van der Waals surface area contributed by atoms with E-state index in [1.165, 1.54) is 0 Å². The van der Waals surface area contributed by atoms with Crippen molar-refractivity contribution in [1.82, 2.24) is 4.98 Å². The largest absolute Gasteiger partial charge is 0.495 e. The van der Waals surface area contributed by atoms with Crippen molar-refractivity contribution in [3.05, 3.63) is 46.6 Å². The number of nitrogens with one attached hydrogen (secondary N) is 1. The smallest absolute Gasteiger partial charge is 0.139 e. The maximum atomic E-state index is 5.94. The number of halogens is 2. The summed E-state index contributed by atoms with van der Waals surface area (Å²) in [7, 11) is 1.57. The number of hydrogen-bond acceptors (Lipinski definition) is 3. The summed E-state index contributed by atoms with van der Waals surface area (Å²) in [6.45, 7) is 0. The van der Waals surface area contributed by atoms with E-state index in [9.17, 15) is 0 Å². The third-order valence-corrected chi connectivity index (χ3v) is 2.66. The molecule has 5 heteroatoms. The highest BCUT2D eigenvalue weighted by molar-refractivity contribution is 6.32. The van der Waals surface area contributed by atoms with Crippen molar-refractivity contribution in [3.63, 3.8) is 0 Å². The first-order valence-corrected chi connectivity index (χ1v) is 5.68. The van der Waals surface area contributed by atoms with Crippen molar-refractivity contribution in [2.45, 2.75) is 0 Å². The fourth-order valence-corrected chi connectivity index (χ4v) is 1.72. The molecule has 0 radical (unpaired) electrons. The van der Waals surface area contributed by atoms with Gasteiger partial charge in [-0.1, -0.05) is 29.3 Å². The minimum atomic E-state index is 0.441. The third kappa shape index (κ3) is 3.02. The van der Waals surface area contributed by atoms with Crippen molar-refractivity contribution in [1.29, 1.82) is 0 Å². The van der Waals surface area contributed by atoms with Crippen molar-refractivity contribution in [2.75, 3.05) is 12.4 Å². The summed E-state index contributed by atoms with van der Waals surface area (Å²) in [5.74, 6) is 1.28. The molecular weight excluding hydrogens is 259 g/mol. The lowest BCUT2D eigenvalue weighted by Crippen LogP contribution is -1.94. The van der Waals surface area contributed by atoms with Crippen LogP contribution in [0.25, 0.3) is 0 Å². The Hall–Kier alpha value is -1.45. The molecule has 0 saturated carbocycles. The fourth-order valence-electron chi connectivity index (χ4n) is 1.36. The maximum absolute atomic E-state index is 5.94. The van der Waals surface area contributed by atoms with Gasteiger partial charge in [-0.15, -0.1) is 0 Å². The Bertz CT molecular complexity index is 532. The molecule has 0 amide bonds. The predicted octanol–water partition coefficient (Wildman–Crippen LogP) is 4.14. The van der Waals surface area contributed by atoms with Gasteiger partial charge in [0.25, 0.3) is 0 Å². The van der Waals surface area contributed by atoms with E-state index in [1.807, 2.05) is 18.2 Å². The number of rotatable bonds is 3. The van der Waals surface area contributed by atoms with E-state index in [4.69, 9.17) is 27.9 Å². The molecule has 0 unspecified atom stereocenters. The highest BCUT2D eigenvalue weighted by Crippen LogP contribution is 2.28. The molecule has 0 atom stereocenters. The summed E-state index contributed by atoms with van der Waals surface area (Å²) < 4.78 is 5.13. The van der Waals surface area contributed by atoms with Crippen LogP contribution in [0.1, 0.15) is 0 Å². The summed E-state index contributed by atoms with van der Waals surface area (Å²) in [6, 6.07) is 10.8. The Morgan fingerprint density at radius 1 is 1.18 bits per heavy atom. The molecule has 0 fully saturated rings. The summed E-state index contributed by atoms with van der Waals surface area (Å²) >= 11 is 11.7. The average Bonchev–Trinajstić information content (AvgIpc) is 2.32. The molecule has 2 aromatic rings. The summed E-state index contributed by atoms with van der Waals surface area (Å²) in [5.41, 5.74) is 0.834. The van der Waals surface area contributed by atoms with Crippen molar-refractivity contribution < 1.29 is 4.74 Å². The summed E-state index contributed by atoms with van der Waals surface area (Å²) in [6.07, 6.45) is 0. The lowest BCUT2D eigenvalue weighted by molar-refractivity contribution is 0.415. The van der Waals surface area contributed by atoms with Crippen LogP contribution in [0.15, 0.2) is 36.4 Å². The molecular formula is C12H10Cl2N2O. The van der Waals surface area contributed by atoms with Crippen LogP contribution in [0.4, 0.5) is 11.5 Å². The van der Waals surface area contributed by atoms with Crippen LogP contribution < -0.4 is 10.1 Å². The molecule has 2 rings (SSSR count). The molecule has 0 aliphatic rings. The van der Waals surface area contributed by atoms with Crippen LogP contribution in [0.5, 0.6) is 5.75 Å². The van der Waals surface area contributed by atoms with Gasteiger partial charge in [0, 0.05) is 11.8 Å². The van der Waals surface area contributed by atoms with Crippen LogP contribution in [-0.4, -0.2) is 12.1 Å². The molecule has 0 bridgehead atoms. The fraction of sp³-hybridized carbons (Fsp3) is 0.0833. The van der Waals surface area contributed by atoms with Gasteiger partial charge in [-0.3, -0.25) is 0 Å². The van der Waals surface area contributed by atoms with Crippen molar-refractivity contribution in [2.24, 2.45) is 0 Å². The zero-order valence-electron chi connectivity index (χ0n) is 9.08. The van der Waals surface area contributed by atoms with Gasteiger partial charge in [0.05, 0.1) is 12.1 Å². The Labute approximate surface area is 109 Å². The van der Waals surface area contributed by atoms with E-state index >= 15 is 0 Å².